The Morgan fingerprint density at radius 3 is 1.48 bits per heavy atom. The summed E-state index contributed by atoms with van der Waals surface area (Å²) in [7, 11) is 0. The Morgan fingerprint density at radius 2 is 0.794 bits per heavy atom. The monoisotopic (exact) mass is 802 g/mol. The largest absolute Gasteiger partial charge is 0.456 e. The third kappa shape index (κ3) is 6.29. The highest BCUT2D eigenvalue weighted by Gasteiger charge is 2.18. The van der Waals surface area contributed by atoms with Gasteiger partial charge < -0.3 is 4.42 Å². The lowest BCUT2D eigenvalue weighted by atomic mass is 9.93. The van der Waals surface area contributed by atoms with Crippen LogP contribution in [0, 0.1) is 11.3 Å². The number of hydrogen-bond acceptors (Lipinski definition) is 5. The first-order valence-electron chi connectivity index (χ1n) is 21.0. The van der Waals surface area contributed by atoms with Gasteiger partial charge in [0.1, 0.15) is 11.2 Å². The van der Waals surface area contributed by atoms with Gasteiger partial charge in [-0.25, -0.2) is 15.0 Å². The van der Waals surface area contributed by atoms with Crippen molar-refractivity contribution in [3.8, 4) is 73.6 Å². The summed E-state index contributed by atoms with van der Waals surface area (Å²) in [5.74, 6) is 1.65. The Morgan fingerprint density at radius 1 is 0.317 bits per heavy atom. The van der Waals surface area contributed by atoms with Gasteiger partial charge in [-0.05, 0) is 114 Å². The minimum atomic E-state index is 0.536. The summed E-state index contributed by atoms with van der Waals surface area (Å²) in [6, 6.07) is 73.4. The molecule has 0 radical (unpaired) electrons. The highest BCUT2D eigenvalue weighted by atomic mass is 16.3. The van der Waals surface area contributed by atoms with Crippen molar-refractivity contribution in [2.45, 2.75) is 0 Å². The smallest absolute Gasteiger partial charge is 0.164 e. The van der Waals surface area contributed by atoms with E-state index in [2.05, 4.69) is 152 Å². The zero-order valence-electron chi connectivity index (χ0n) is 33.8. The van der Waals surface area contributed by atoms with Crippen LogP contribution in [0.15, 0.2) is 211 Å². The Balaban J connectivity index is 1.03. The van der Waals surface area contributed by atoms with Gasteiger partial charge in [0.25, 0.3) is 0 Å². The summed E-state index contributed by atoms with van der Waals surface area (Å²) in [5.41, 5.74) is 11.2. The van der Waals surface area contributed by atoms with Gasteiger partial charge in [-0.2, -0.15) is 5.26 Å². The Bertz CT molecular complexity index is 3790. The third-order valence-corrected chi connectivity index (χ3v) is 12.1. The van der Waals surface area contributed by atoms with Gasteiger partial charge in [0.15, 0.2) is 17.5 Å². The lowest BCUT2D eigenvalue weighted by Crippen LogP contribution is -2.00. The number of hydrogen-bond donors (Lipinski definition) is 0. The van der Waals surface area contributed by atoms with Crippen LogP contribution < -0.4 is 0 Å². The van der Waals surface area contributed by atoms with Crippen LogP contribution in [0.1, 0.15) is 5.56 Å². The van der Waals surface area contributed by atoms with E-state index in [0.717, 1.165) is 71.8 Å². The zero-order chi connectivity index (χ0) is 41.9. The number of fused-ring (bicyclic) bond motifs is 9. The topological polar surface area (TPSA) is 75.6 Å². The van der Waals surface area contributed by atoms with Crippen molar-refractivity contribution in [3.63, 3.8) is 0 Å². The number of nitrogens with zero attached hydrogens (tertiary/aromatic N) is 4. The highest BCUT2D eigenvalue weighted by Crippen LogP contribution is 2.41. The first-order valence-corrected chi connectivity index (χ1v) is 21.0. The second kappa shape index (κ2) is 14.8. The van der Waals surface area contributed by atoms with Crippen molar-refractivity contribution in [3.05, 3.63) is 212 Å². The molecule has 5 heteroatoms. The normalized spacial score (nSPS) is 11.5. The molecule has 5 nitrogen and oxygen atoms in total. The molecule has 0 bridgehead atoms. The molecule has 0 atom stereocenters. The van der Waals surface area contributed by atoms with Gasteiger partial charge in [0.2, 0.25) is 0 Å². The molecule has 12 rings (SSSR count). The Hall–Kier alpha value is -8.72. The molecule has 0 spiro atoms. The maximum atomic E-state index is 9.63. The first-order chi connectivity index (χ1) is 31.1. The second-order valence-corrected chi connectivity index (χ2v) is 15.9. The molecule has 0 saturated carbocycles. The van der Waals surface area contributed by atoms with E-state index in [1.54, 1.807) is 0 Å². The van der Waals surface area contributed by atoms with Crippen LogP contribution in [0.4, 0.5) is 0 Å². The van der Waals surface area contributed by atoms with E-state index in [1.165, 1.54) is 32.5 Å². The number of nitriles is 1. The van der Waals surface area contributed by atoms with Gasteiger partial charge in [0, 0.05) is 27.5 Å². The summed E-state index contributed by atoms with van der Waals surface area (Å²) >= 11 is 0. The summed E-state index contributed by atoms with van der Waals surface area (Å²) in [6.07, 6.45) is 0. The molecular formula is C58H34N4O. The van der Waals surface area contributed by atoms with E-state index >= 15 is 0 Å². The lowest BCUT2D eigenvalue weighted by Gasteiger charge is -2.13. The average Bonchev–Trinajstić information content (AvgIpc) is 3.75. The predicted octanol–water partition coefficient (Wildman–Crippen LogP) is 15.1. The molecule has 0 aliphatic carbocycles. The van der Waals surface area contributed by atoms with E-state index in [9.17, 15) is 5.26 Å². The molecule has 2 aromatic heterocycles. The molecule has 0 amide bonds. The molecule has 63 heavy (non-hydrogen) atoms. The Kier molecular flexibility index (Phi) is 8.48. The number of furan rings is 1. The van der Waals surface area contributed by atoms with E-state index < -0.39 is 0 Å². The third-order valence-electron chi connectivity index (χ3n) is 12.1. The number of rotatable bonds is 6. The fraction of sp³-hybridized carbons (Fsp3) is 0. The Labute approximate surface area is 362 Å². The van der Waals surface area contributed by atoms with Crippen molar-refractivity contribution in [1.29, 1.82) is 5.26 Å². The number of benzene rings is 10. The predicted molar refractivity (Wildman–Crippen MR) is 257 cm³/mol. The van der Waals surface area contributed by atoms with Crippen molar-refractivity contribution in [1.82, 2.24) is 15.0 Å². The van der Waals surface area contributed by atoms with Gasteiger partial charge >= 0.3 is 0 Å². The van der Waals surface area contributed by atoms with E-state index in [4.69, 9.17) is 19.4 Å². The minimum absolute atomic E-state index is 0.536. The van der Waals surface area contributed by atoms with Crippen molar-refractivity contribution in [2.75, 3.05) is 0 Å². The highest BCUT2D eigenvalue weighted by molar-refractivity contribution is 6.25. The molecule has 292 valence electrons. The van der Waals surface area contributed by atoms with Gasteiger partial charge in [-0.3, -0.25) is 0 Å². The summed E-state index contributed by atoms with van der Waals surface area (Å²) in [4.78, 5) is 15.6. The SMILES string of the molecule is N#Cc1cccc(-c2cccc(-c3nc(-c4ccc5c(c4)oc4cccc(-c6cccc(-c7ccccc7)c6)c45)nc(-c4ccc5c6ccccc6c6ccccc6c5c4)n3)c2)c1. The minimum Gasteiger partial charge on any atom is -0.456 e. The van der Waals surface area contributed by atoms with Gasteiger partial charge in [-0.15, -0.1) is 0 Å². The molecule has 0 unspecified atom stereocenters. The molecule has 2 heterocycles. The molecule has 0 saturated heterocycles. The summed E-state index contributed by atoms with van der Waals surface area (Å²) in [6.45, 7) is 0. The first kappa shape index (κ1) is 36.2. The summed E-state index contributed by atoms with van der Waals surface area (Å²) in [5, 5.41) is 18.9. The van der Waals surface area contributed by atoms with Crippen molar-refractivity contribution >= 4 is 54.3 Å². The molecular weight excluding hydrogens is 769 g/mol. The van der Waals surface area contributed by atoms with Crippen LogP contribution in [0.3, 0.4) is 0 Å². The van der Waals surface area contributed by atoms with Crippen LogP contribution >= 0.6 is 0 Å². The summed E-state index contributed by atoms with van der Waals surface area (Å²) < 4.78 is 6.64. The van der Waals surface area contributed by atoms with Gasteiger partial charge in [-0.1, -0.05) is 158 Å². The van der Waals surface area contributed by atoms with Crippen molar-refractivity contribution < 1.29 is 4.42 Å². The van der Waals surface area contributed by atoms with Crippen LogP contribution in [-0.2, 0) is 0 Å². The van der Waals surface area contributed by atoms with Crippen LogP contribution in [0.5, 0.6) is 0 Å². The average molecular weight is 803 g/mol. The van der Waals surface area contributed by atoms with Crippen molar-refractivity contribution in [2.24, 2.45) is 0 Å². The molecule has 0 aliphatic rings. The standard InChI is InChI=1S/C58H34N4O/c59-35-36-12-8-15-38(30-36)40-17-10-19-42(32-40)56-60-57(43-26-28-50-48-22-5-4-20-46(48)47-21-6-7-23-49(47)52(50)33-43)62-58(61-56)44-27-29-51-54(34-44)63-53-25-11-24-45(55(51)53)41-18-9-16-39(31-41)37-13-2-1-3-14-37/h1-34H. The molecule has 0 aliphatic heterocycles. The lowest BCUT2D eigenvalue weighted by molar-refractivity contribution is 0.669. The van der Waals surface area contributed by atoms with Crippen LogP contribution in [0.25, 0.3) is 122 Å². The molecule has 12 aromatic rings. The molecule has 10 aromatic carbocycles. The molecule has 0 N–H and O–H groups in total. The quantitative estimate of drug-likeness (QED) is 0.157. The fourth-order valence-electron chi connectivity index (χ4n) is 9.12. The van der Waals surface area contributed by atoms with Crippen LogP contribution in [-0.4, -0.2) is 15.0 Å². The van der Waals surface area contributed by atoms with E-state index in [-0.39, 0.29) is 0 Å². The van der Waals surface area contributed by atoms with E-state index in [1.807, 2.05) is 60.7 Å². The maximum Gasteiger partial charge on any atom is 0.164 e. The van der Waals surface area contributed by atoms with Gasteiger partial charge in [0.05, 0.1) is 11.6 Å². The maximum absolute atomic E-state index is 9.63. The zero-order valence-corrected chi connectivity index (χ0v) is 33.8. The van der Waals surface area contributed by atoms with Crippen LogP contribution in [0.2, 0.25) is 0 Å². The van der Waals surface area contributed by atoms with E-state index in [0.29, 0.717) is 23.0 Å². The number of aromatic nitrogens is 3. The molecule has 0 fully saturated rings. The fourth-order valence-corrected chi connectivity index (χ4v) is 9.12. The second-order valence-electron chi connectivity index (χ2n) is 15.9.